The fraction of sp³-hybridized carbons (Fsp3) is 0.636. The highest BCUT2D eigenvalue weighted by molar-refractivity contribution is 7.16. The summed E-state index contributed by atoms with van der Waals surface area (Å²) in [6.45, 7) is 5.94. The van der Waals surface area contributed by atoms with Crippen molar-refractivity contribution >= 4 is 22.3 Å². The number of nitrogens with zero attached hydrogens (tertiary/aromatic N) is 4. The molecule has 2 aromatic rings. The summed E-state index contributed by atoms with van der Waals surface area (Å²) in [6.07, 6.45) is 0.765. The topological polar surface area (TPSA) is 80.4 Å². The third kappa shape index (κ3) is 1.40. The van der Waals surface area contributed by atoms with Crippen molar-refractivity contribution in [3.05, 3.63) is 10.8 Å². The quantitative estimate of drug-likeness (QED) is 0.912. The van der Waals surface area contributed by atoms with Gasteiger partial charge in [0.05, 0.1) is 5.92 Å². The largest absolute Gasteiger partial charge is 0.481 e. The SMILES string of the molecule is CCc1nnc2sc(C3C(C(=O)O)C3(C)C)nn12. The van der Waals surface area contributed by atoms with Gasteiger partial charge >= 0.3 is 5.97 Å². The molecule has 1 aliphatic carbocycles. The molecule has 3 rings (SSSR count). The van der Waals surface area contributed by atoms with E-state index in [4.69, 9.17) is 0 Å². The number of carboxylic acid groups (broad SMARTS) is 1. The van der Waals surface area contributed by atoms with Gasteiger partial charge in [0, 0.05) is 12.3 Å². The molecule has 1 saturated carbocycles. The Labute approximate surface area is 108 Å². The van der Waals surface area contributed by atoms with Crippen molar-refractivity contribution in [1.29, 1.82) is 0 Å². The Morgan fingerprint density at radius 3 is 2.78 bits per heavy atom. The third-order valence-corrected chi connectivity index (χ3v) is 4.73. The molecule has 0 aliphatic heterocycles. The number of carboxylic acids is 1. The van der Waals surface area contributed by atoms with Gasteiger partial charge in [0.25, 0.3) is 0 Å². The lowest BCUT2D eigenvalue weighted by molar-refractivity contribution is -0.139. The number of aliphatic carboxylic acids is 1. The minimum atomic E-state index is -0.744. The van der Waals surface area contributed by atoms with Crippen molar-refractivity contribution in [3.63, 3.8) is 0 Å². The maximum absolute atomic E-state index is 11.2. The summed E-state index contributed by atoms with van der Waals surface area (Å²) in [7, 11) is 0. The molecule has 0 radical (unpaired) electrons. The van der Waals surface area contributed by atoms with Crippen molar-refractivity contribution in [2.24, 2.45) is 11.3 Å². The average molecular weight is 266 g/mol. The molecule has 2 unspecified atom stereocenters. The van der Waals surface area contributed by atoms with Crippen LogP contribution in [0, 0.1) is 11.3 Å². The molecule has 0 bridgehead atoms. The second-order valence-electron chi connectivity index (χ2n) is 5.22. The zero-order chi connectivity index (χ0) is 13.1. The van der Waals surface area contributed by atoms with Gasteiger partial charge in [-0.05, 0) is 5.41 Å². The van der Waals surface area contributed by atoms with Gasteiger partial charge in [-0.1, -0.05) is 32.1 Å². The van der Waals surface area contributed by atoms with E-state index in [0.29, 0.717) is 0 Å². The number of fused-ring (bicyclic) bond motifs is 1. The summed E-state index contributed by atoms with van der Waals surface area (Å²) in [5.74, 6) is -0.276. The first-order chi connectivity index (χ1) is 8.46. The Kier molecular flexibility index (Phi) is 2.25. The van der Waals surface area contributed by atoms with E-state index in [1.54, 1.807) is 4.52 Å². The van der Waals surface area contributed by atoms with Crippen LogP contribution in [-0.4, -0.2) is 30.9 Å². The molecule has 2 aromatic heterocycles. The van der Waals surface area contributed by atoms with Gasteiger partial charge in [-0.2, -0.15) is 9.61 Å². The molecule has 1 fully saturated rings. The Morgan fingerprint density at radius 1 is 1.50 bits per heavy atom. The Morgan fingerprint density at radius 2 is 2.22 bits per heavy atom. The lowest BCUT2D eigenvalue weighted by Crippen LogP contribution is -2.03. The van der Waals surface area contributed by atoms with Gasteiger partial charge in [-0.25, -0.2) is 0 Å². The number of aromatic nitrogens is 4. The molecule has 2 heterocycles. The van der Waals surface area contributed by atoms with E-state index in [2.05, 4.69) is 15.3 Å². The monoisotopic (exact) mass is 266 g/mol. The minimum absolute atomic E-state index is 0.00796. The first kappa shape index (κ1) is 11.6. The molecular weight excluding hydrogens is 252 g/mol. The summed E-state index contributed by atoms with van der Waals surface area (Å²) in [5.41, 5.74) is -0.221. The zero-order valence-corrected chi connectivity index (χ0v) is 11.2. The van der Waals surface area contributed by atoms with Crippen molar-refractivity contribution in [1.82, 2.24) is 19.8 Å². The van der Waals surface area contributed by atoms with E-state index < -0.39 is 5.97 Å². The van der Waals surface area contributed by atoms with E-state index >= 15 is 0 Å². The molecule has 1 aliphatic rings. The highest BCUT2D eigenvalue weighted by Crippen LogP contribution is 2.64. The number of aryl methyl sites for hydroxylation is 1. The third-order valence-electron chi connectivity index (χ3n) is 3.75. The summed E-state index contributed by atoms with van der Waals surface area (Å²) >= 11 is 1.44. The fourth-order valence-electron chi connectivity index (χ4n) is 2.58. The van der Waals surface area contributed by atoms with E-state index in [9.17, 15) is 9.90 Å². The lowest BCUT2D eigenvalue weighted by atomic mass is 10.1. The van der Waals surface area contributed by atoms with Crippen LogP contribution in [0.5, 0.6) is 0 Å². The van der Waals surface area contributed by atoms with Crippen LogP contribution in [0.1, 0.15) is 37.5 Å². The van der Waals surface area contributed by atoms with E-state index in [1.807, 2.05) is 20.8 Å². The Hall–Kier alpha value is -1.50. The zero-order valence-electron chi connectivity index (χ0n) is 10.4. The van der Waals surface area contributed by atoms with Crippen LogP contribution < -0.4 is 0 Å². The highest BCUT2D eigenvalue weighted by Gasteiger charge is 2.64. The second-order valence-corrected chi connectivity index (χ2v) is 6.21. The highest BCUT2D eigenvalue weighted by atomic mass is 32.1. The molecule has 18 heavy (non-hydrogen) atoms. The molecule has 2 atom stereocenters. The van der Waals surface area contributed by atoms with Gasteiger partial charge in [0.2, 0.25) is 4.96 Å². The summed E-state index contributed by atoms with van der Waals surface area (Å²) in [5, 5.41) is 22.6. The van der Waals surface area contributed by atoms with Crippen LogP contribution in [0.4, 0.5) is 0 Å². The average Bonchev–Trinajstić information content (AvgIpc) is 2.65. The Bertz CT molecular complexity index is 630. The second kappa shape index (κ2) is 3.50. The van der Waals surface area contributed by atoms with Crippen LogP contribution in [-0.2, 0) is 11.2 Å². The molecule has 0 aromatic carbocycles. The van der Waals surface area contributed by atoms with Crippen LogP contribution >= 0.6 is 11.3 Å². The van der Waals surface area contributed by atoms with Crippen molar-refractivity contribution < 1.29 is 9.90 Å². The van der Waals surface area contributed by atoms with Crippen molar-refractivity contribution in [2.75, 3.05) is 0 Å². The van der Waals surface area contributed by atoms with Crippen molar-refractivity contribution in [2.45, 2.75) is 33.1 Å². The summed E-state index contributed by atoms with van der Waals surface area (Å²) < 4.78 is 1.73. The molecule has 6 nitrogen and oxygen atoms in total. The number of rotatable bonds is 3. The van der Waals surface area contributed by atoms with Crippen molar-refractivity contribution in [3.8, 4) is 0 Å². The fourth-order valence-corrected chi connectivity index (χ4v) is 3.77. The van der Waals surface area contributed by atoms with Gasteiger partial charge in [-0.3, -0.25) is 4.79 Å². The molecule has 7 heteroatoms. The van der Waals surface area contributed by atoms with Crippen LogP contribution in [0.15, 0.2) is 0 Å². The summed E-state index contributed by atoms with van der Waals surface area (Å²) in [6, 6.07) is 0. The maximum Gasteiger partial charge on any atom is 0.307 e. The van der Waals surface area contributed by atoms with Gasteiger partial charge in [0.15, 0.2) is 5.82 Å². The lowest BCUT2D eigenvalue weighted by Gasteiger charge is -1.97. The number of hydrogen-bond donors (Lipinski definition) is 1. The molecular formula is C11H14N4O2S. The van der Waals surface area contributed by atoms with E-state index in [1.165, 1.54) is 11.3 Å². The molecule has 96 valence electrons. The maximum atomic E-state index is 11.2. The molecule has 0 amide bonds. The van der Waals surface area contributed by atoms with Crippen LogP contribution in [0.2, 0.25) is 0 Å². The smallest absolute Gasteiger partial charge is 0.307 e. The number of hydrogen-bond acceptors (Lipinski definition) is 5. The summed E-state index contributed by atoms with van der Waals surface area (Å²) in [4.78, 5) is 11.9. The standard InChI is InChI=1S/C11H14N4O2S/c1-4-5-12-13-10-15(5)14-8(18-10)6-7(9(16)17)11(6,2)3/h6-7H,4H2,1-3H3,(H,16,17). The van der Waals surface area contributed by atoms with Crippen LogP contribution in [0.25, 0.3) is 4.96 Å². The molecule has 1 N–H and O–H groups in total. The molecule has 0 spiro atoms. The van der Waals surface area contributed by atoms with Crippen LogP contribution in [0.3, 0.4) is 0 Å². The minimum Gasteiger partial charge on any atom is -0.481 e. The van der Waals surface area contributed by atoms with Gasteiger partial charge < -0.3 is 5.11 Å². The Balaban J connectivity index is 2.01. The number of carbonyl (C=O) groups is 1. The van der Waals surface area contributed by atoms with Gasteiger partial charge in [-0.15, -0.1) is 10.2 Å². The van der Waals surface area contributed by atoms with Gasteiger partial charge in [0.1, 0.15) is 5.01 Å². The predicted molar refractivity (Wildman–Crippen MR) is 65.7 cm³/mol. The first-order valence-corrected chi connectivity index (χ1v) is 6.72. The van der Waals surface area contributed by atoms with E-state index in [-0.39, 0.29) is 17.3 Å². The normalized spacial score (nSPS) is 25.5. The predicted octanol–water partition coefficient (Wildman–Crippen LogP) is 1.57. The molecule has 0 saturated heterocycles. The van der Waals surface area contributed by atoms with E-state index in [0.717, 1.165) is 22.2 Å². The first-order valence-electron chi connectivity index (χ1n) is 5.90.